The maximum absolute atomic E-state index is 11.3. The first kappa shape index (κ1) is 26.1. The minimum absolute atomic E-state index is 0.289. The number of esters is 1. The summed E-state index contributed by atoms with van der Waals surface area (Å²) < 4.78 is 16.1. The summed E-state index contributed by atoms with van der Waals surface area (Å²) in [6, 6.07) is 15.1. The van der Waals surface area contributed by atoms with Crippen molar-refractivity contribution in [3.05, 3.63) is 60.7 Å². The molecule has 0 fully saturated rings. The van der Waals surface area contributed by atoms with Gasteiger partial charge in [-0.2, -0.15) is 10.2 Å². The molecule has 0 aliphatic heterocycles. The average molecular weight is 453 g/mol. The molecule has 2 aromatic carbocycles. The van der Waals surface area contributed by atoms with Crippen molar-refractivity contribution in [3.8, 4) is 11.5 Å². The number of hydrogen-bond donors (Lipinski definition) is 0. The van der Waals surface area contributed by atoms with E-state index in [1.165, 1.54) is 32.1 Å². The summed E-state index contributed by atoms with van der Waals surface area (Å²) in [4.78, 5) is 11.3. The molecule has 0 aliphatic carbocycles. The van der Waals surface area contributed by atoms with Gasteiger partial charge in [-0.3, -0.25) is 0 Å². The molecule has 2 aromatic rings. The van der Waals surface area contributed by atoms with Crippen molar-refractivity contribution in [2.75, 3.05) is 20.3 Å². The van der Waals surface area contributed by atoms with Crippen molar-refractivity contribution in [3.63, 3.8) is 0 Å². The monoisotopic (exact) mass is 452 g/mol. The maximum atomic E-state index is 11.3. The largest absolute Gasteiger partial charge is 0.497 e. The van der Waals surface area contributed by atoms with E-state index in [4.69, 9.17) is 14.2 Å². The second-order valence-corrected chi connectivity index (χ2v) is 7.99. The molecular formula is C27H36N2O4. The van der Waals surface area contributed by atoms with Crippen LogP contribution in [0.5, 0.6) is 11.5 Å². The minimum atomic E-state index is -0.289. The molecule has 0 aromatic heterocycles. The molecule has 0 radical (unpaired) electrons. The first-order valence-electron chi connectivity index (χ1n) is 11.7. The minimum Gasteiger partial charge on any atom is -0.497 e. The summed E-state index contributed by atoms with van der Waals surface area (Å²) in [5.74, 6) is 1.36. The smallest absolute Gasteiger partial charge is 0.333 e. The Bertz CT molecular complexity index is 861. The standard InChI is InChI=1S/C27H36N2O4/c1-22(2)27(30)33-21-11-9-7-5-4-6-8-10-20-32-26-18-14-24(15-19-26)29-28-23-12-16-25(31-3)17-13-23/h12-19H,1,4-11,20-21H2,2-3H3. The molecule has 0 saturated carbocycles. The molecule has 0 atom stereocenters. The highest BCUT2D eigenvalue weighted by Gasteiger charge is 2.02. The highest BCUT2D eigenvalue weighted by Crippen LogP contribution is 2.23. The third-order valence-electron chi connectivity index (χ3n) is 5.08. The van der Waals surface area contributed by atoms with E-state index >= 15 is 0 Å². The Morgan fingerprint density at radius 1 is 0.727 bits per heavy atom. The maximum Gasteiger partial charge on any atom is 0.333 e. The van der Waals surface area contributed by atoms with Crippen molar-refractivity contribution >= 4 is 17.3 Å². The summed E-state index contributed by atoms with van der Waals surface area (Å²) in [6.07, 6.45) is 9.11. The molecule has 0 N–H and O–H groups in total. The van der Waals surface area contributed by atoms with Gasteiger partial charge in [-0.25, -0.2) is 4.79 Å². The van der Waals surface area contributed by atoms with Gasteiger partial charge in [-0.05, 0) is 68.3 Å². The number of azo groups is 1. The molecule has 0 heterocycles. The fourth-order valence-electron chi connectivity index (χ4n) is 3.12. The van der Waals surface area contributed by atoms with Gasteiger partial charge in [0.15, 0.2) is 0 Å². The van der Waals surface area contributed by atoms with Gasteiger partial charge in [-0.1, -0.05) is 45.1 Å². The SMILES string of the molecule is C=C(C)C(=O)OCCCCCCCCCCOc1ccc(N=Nc2ccc(OC)cc2)cc1. The Hall–Kier alpha value is -3.15. The Morgan fingerprint density at radius 3 is 1.67 bits per heavy atom. The lowest BCUT2D eigenvalue weighted by atomic mass is 10.1. The van der Waals surface area contributed by atoms with Crippen LogP contribution in [0.4, 0.5) is 11.4 Å². The first-order chi connectivity index (χ1) is 16.1. The van der Waals surface area contributed by atoms with E-state index in [1.54, 1.807) is 14.0 Å². The predicted molar refractivity (Wildman–Crippen MR) is 132 cm³/mol. The fraction of sp³-hybridized carbons (Fsp3) is 0.444. The molecular weight excluding hydrogens is 416 g/mol. The Morgan fingerprint density at radius 2 is 1.18 bits per heavy atom. The zero-order chi connectivity index (χ0) is 23.7. The van der Waals surface area contributed by atoms with Crippen molar-refractivity contribution in [2.45, 2.75) is 58.3 Å². The molecule has 0 amide bonds. The highest BCUT2D eigenvalue weighted by molar-refractivity contribution is 5.86. The lowest BCUT2D eigenvalue weighted by Gasteiger charge is -2.06. The van der Waals surface area contributed by atoms with Crippen molar-refractivity contribution in [1.29, 1.82) is 0 Å². The van der Waals surface area contributed by atoms with Crippen LogP contribution in [0.15, 0.2) is 70.9 Å². The number of carbonyl (C=O) groups excluding carboxylic acids is 1. The molecule has 6 heteroatoms. The molecule has 6 nitrogen and oxygen atoms in total. The van der Waals surface area contributed by atoms with Gasteiger partial charge >= 0.3 is 5.97 Å². The van der Waals surface area contributed by atoms with E-state index in [0.717, 1.165) is 48.7 Å². The van der Waals surface area contributed by atoms with Crippen LogP contribution < -0.4 is 9.47 Å². The van der Waals surface area contributed by atoms with Crippen LogP contribution in [0.2, 0.25) is 0 Å². The molecule has 0 saturated heterocycles. The quantitative estimate of drug-likeness (QED) is 0.113. The van der Waals surface area contributed by atoms with Crippen LogP contribution in [-0.4, -0.2) is 26.3 Å². The van der Waals surface area contributed by atoms with E-state index in [-0.39, 0.29) is 5.97 Å². The van der Waals surface area contributed by atoms with Crippen molar-refractivity contribution in [2.24, 2.45) is 10.2 Å². The number of methoxy groups -OCH3 is 1. The van der Waals surface area contributed by atoms with Gasteiger partial charge in [0.05, 0.1) is 31.7 Å². The third kappa shape index (κ3) is 11.3. The summed E-state index contributed by atoms with van der Waals surface area (Å²) >= 11 is 0. The van der Waals surface area contributed by atoms with Crippen molar-refractivity contribution < 1.29 is 19.0 Å². The molecule has 0 bridgehead atoms. The Labute approximate surface area is 197 Å². The van der Waals surface area contributed by atoms with Crippen molar-refractivity contribution in [1.82, 2.24) is 0 Å². The Kier molecular flexibility index (Phi) is 12.4. The number of benzene rings is 2. The summed E-state index contributed by atoms with van der Waals surface area (Å²) in [5, 5.41) is 8.48. The van der Waals surface area contributed by atoms with Gasteiger partial charge in [0.2, 0.25) is 0 Å². The topological polar surface area (TPSA) is 69.5 Å². The van der Waals surface area contributed by atoms with Crippen LogP contribution in [0.3, 0.4) is 0 Å². The van der Waals surface area contributed by atoms with Gasteiger partial charge in [0, 0.05) is 5.57 Å². The lowest BCUT2D eigenvalue weighted by Crippen LogP contribution is -2.05. The number of unbranched alkanes of at least 4 members (excludes halogenated alkanes) is 7. The van der Waals surface area contributed by atoms with E-state index in [2.05, 4.69) is 16.8 Å². The predicted octanol–water partition coefficient (Wildman–Crippen LogP) is 7.73. The Balaban J connectivity index is 1.48. The second kappa shape index (κ2) is 15.6. The third-order valence-corrected chi connectivity index (χ3v) is 5.08. The summed E-state index contributed by atoms with van der Waals surface area (Å²) in [6.45, 7) is 6.46. The van der Waals surface area contributed by atoms with E-state index < -0.39 is 0 Å². The van der Waals surface area contributed by atoms with Crippen LogP contribution in [0.1, 0.15) is 58.3 Å². The molecule has 33 heavy (non-hydrogen) atoms. The van der Waals surface area contributed by atoms with E-state index in [9.17, 15) is 4.79 Å². The zero-order valence-electron chi connectivity index (χ0n) is 19.9. The number of nitrogens with zero attached hydrogens (tertiary/aromatic N) is 2. The second-order valence-electron chi connectivity index (χ2n) is 7.99. The van der Waals surface area contributed by atoms with Gasteiger partial charge in [0.25, 0.3) is 0 Å². The number of rotatable bonds is 16. The van der Waals surface area contributed by atoms with Crippen LogP contribution in [0.25, 0.3) is 0 Å². The number of hydrogen-bond acceptors (Lipinski definition) is 6. The molecule has 178 valence electrons. The van der Waals surface area contributed by atoms with Gasteiger partial charge in [0.1, 0.15) is 11.5 Å². The number of ether oxygens (including phenoxy) is 3. The lowest BCUT2D eigenvalue weighted by molar-refractivity contribution is -0.139. The summed E-state index contributed by atoms with van der Waals surface area (Å²) in [5.41, 5.74) is 2.02. The van der Waals surface area contributed by atoms with Crippen LogP contribution in [-0.2, 0) is 9.53 Å². The number of carbonyl (C=O) groups is 1. The van der Waals surface area contributed by atoms with Crippen LogP contribution >= 0.6 is 0 Å². The normalized spacial score (nSPS) is 10.8. The fourth-order valence-corrected chi connectivity index (χ4v) is 3.12. The summed E-state index contributed by atoms with van der Waals surface area (Å²) in [7, 11) is 1.64. The highest BCUT2D eigenvalue weighted by atomic mass is 16.5. The first-order valence-corrected chi connectivity index (χ1v) is 11.7. The van der Waals surface area contributed by atoms with E-state index in [1.807, 2.05) is 48.5 Å². The average Bonchev–Trinajstić information content (AvgIpc) is 2.84. The molecule has 0 spiro atoms. The zero-order valence-corrected chi connectivity index (χ0v) is 19.9. The molecule has 0 aliphatic rings. The molecule has 0 unspecified atom stereocenters. The van der Waals surface area contributed by atoms with Gasteiger partial charge in [-0.15, -0.1) is 0 Å². The molecule has 2 rings (SSSR count). The van der Waals surface area contributed by atoms with Crippen LogP contribution in [0, 0.1) is 0 Å². The van der Waals surface area contributed by atoms with E-state index in [0.29, 0.717) is 12.2 Å². The van der Waals surface area contributed by atoms with Gasteiger partial charge < -0.3 is 14.2 Å².